The molecule has 1 saturated heterocycles. The predicted molar refractivity (Wildman–Crippen MR) is 81.0 cm³/mol. The van der Waals surface area contributed by atoms with Crippen molar-refractivity contribution in [2.45, 2.75) is 45.1 Å². The van der Waals surface area contributed by atoms with E-state index in [9.17, 15) is 4.79 Å². The number of nitrogens with zero attached hydrogens (tertiary/aromatic N) is 1. The van der Waals surface area contributed by atoms with Gasteiger partial charge in [-0.05, 0) is 37.5 Å². The molecule has 0 radical (unpaired) electrons. The lowest BCUT2D eigenvalue weighted by atomic mass is 10.1. The monoisotopic (exact) mass is 276 g/mol. The summed E-state index contributed by atoms with van der Waals surface area (Å²) < 4.78 is 5.31. The number of rotatable bonds is 3. The lowest BCUT2D eigenvalue weighted by molar-refractivity contribution is 0.0675. The lowest BCUT2D eigenvalue weighted by Gasteiger charge is -2.30. The Balaban J connectivity index is 2.30. The first-order chi connectivity index (χ1) is 9.67. The molecule has 0 spiro atoms. The average Bonchev–Trinajstić information content (AvgIpc) is 2.71. The minimum absolute atomic E-state index is 0.0444. The highest BCUT2D eigenvalue weighted by atomic mass is 16.5. The molecule has 1 atom stereocenters. The molecule has 1 fully saturated rings. The van der Waals surface area contributed by atoms with Gasteiger partial charge >= 0.3 is 0 Å². The van der Waals surface area contributed by atoms with Crippen molar-refractivity contribution < 1.29 is 9.53 Å². The second-order valence-electron chi connectivity index (χ2n) is 5.37. The fourth-order valence-electron chi connectivity index (χ4n) is 2.92. The van der Waals surface area contributed by atoms with Crippen LogP contribution in [-0.2, 0) is 0 Å². The molecule has 0 aromatic heterocycles. The third-order valence-corrected chi connectivity index (χ3v) is 4.06. The van der Waals surface area contributed by atoms with E-state index in [1.807, 2.05) is 4.90 Å². The van der Waals surface area contributed by atoms with Gasteiger partial charge in [0.25, 0.3) is 5.91 Å². The van der Waals surface area contributed by atoms with Gasteiger partial charge in [-0.15, -0.1) is 0 Å². The molecule has 0 bridgehead atoms. The molecule has 4 heteroatoms. The van der Waals surface area contributed by atoms with Crippen molar-refractivity contribution in [1.29, 1.82) is 0 Å². The maximum absolute atomic E-state index is 12.8. The zero-order valence-electron chi connectivity index (χ0n) is 12.4. The number of carbonyl (C=O) groups is 1. The van der Waals surface area contributed by atoms with Gasteiger partial charge in [0.05, 0.1) is 12.7 Å². The molecular weight excluding hydrogens is 252 g/mol. The molecule has 1 amide bonds. The maximum Gasteiger partial charge on any atom is 0.257 e. The molecule has 2 N–H and O–H groups in total. The van der Waals surface area contributed by atoms with E-state index in [1.165, 1.54) is 12.8 Å². The lowest BCUT2D eigenvalue weighted by Crippen LogP contribution is -2.39. The summed E-state index contributed by atoms with van der Waals surface area (Å²) in [6, 6.07) is 5.58. The summed E-state index contributed by atoms with van der Waals surface area (Å²) in [4.78, 5) is 14.8. The zero-order valence-corrected chi connectivity index (χ0v) is 12.4. The molecule has 2 rings (SSSR count). The molecule has 0 saturated carbocycles. The van der Waals surface area contributed by atoms with Gasteiger partial charge < -0.3 is 15.4 Å². The summed E-state index contributed by atoms with van der Waals surface area (Å²) in [5, 5.41) is 0. The van der Waals surface area contributed by atoms with Crippen LogP contribution < -0.4 is 10.5 Å². The largest absolute Gasteiger partial charge is 0.496 e. The molecule has 0 aliphatic carbocycles. The number of nitrogen functional groups attached to an aromatic ring is 1. The Morgan fingerprint density at radius 1 is 1.40 bits per heavy atom. The second kappa shape index (κ2) is 6.64. The molecule has 110 valence electrons. The Bertz CT molecular complexity index is 474. The van der Waals surface area contributed by atoms with Gasteiger partial charge in [-0.1, -0.05) is 19.8 Å². The predicted octanol–water partition coefficient (Wildman–Crippen LogP) is 3.07. The number of hydrogen-bond acceptors (Lipinski definition) is 3. The molecule has 1 aliphatic rings. The summed E-state index contributed by atoms with van der Waals surface area (Å²) in [6.45, 7) is 2.97. The molecule has 1 unspecified atom stereocenters. The van der Waals surface area contributed by atoms with Crippen molar-refractivity contribution in [3.63, 3.8) is 0 Å². The van der Waals surface area contributed by atoms with Crippen molar-refractivity contribution in [3.05, 3.63) is 23.8 Å². The number of benzene rings is 1. The molecule has 1 aromatic carbocycles. The van der Waals surface area contributed by atoms with Gasteiger partial charge in [-0.2, -0.15) is 0 Å². The van der Waals surface area contributed by atoms with Crippen LogP contribution in [0, 0.1) is 0 Å². The first kappa shape index (κ1) is 14.7. The van der Waals surface area contributed by atoms with E-state index >= 15 is 0 Å². The van der Waals surface area contributed by atoms with Crippen LogP contribution in [0.4, 0.5) is 5.69 Å². The highest BCUT2D eigenvalue weighted by Gasteiger charge is 2.26. The van der Waals surface area contributed by atoms with Crippen molar-refractivity contribution in [3.8, 4) is 5.75 Å². The van der Waals surface area contributed by atoms with Gasteiger partial charge in [0, 0.05) is 18.3 Å². The molecule has 1 heterocycles. The zero-order chi connectivity index (χ0) is 14.5. The smallest absolute Gasteiger partial charge is 0.257 e. The van der Waals surface area contributed by atoms with Crippen molar-refractivity contribution in [2.24, 2.45) is 0 Å². The van der Waals surface area contributed by atoms with E-state index in [0.29, 0.717) is 23.0 Å². The molecule has 20 heavy (non-hydrogen) atoms. The van der Waals surface area contributed by atoms with E-state index in [2.05, 4.69) is 6.92 Å². The van der Waals surface area contributed by atoms with E-state index < -0.39 is 0 Å². The van der Waals surface area contributed by atoms with Crippen LogP contribution in [0.5, 0.6) is 5.75 Å². The highest BCUT2D eigenvalue weighted by Crippen LogP contribution is 2.27. The van der Waals surface area contributed by atoms with Crippen molar-refractivity contribution in [2.75, 3.05) is 19.4 Å². The number of likely N-dealkylation sites (tertiary alicyclic amines) is 1. The Morgan fingerprint density at radius 2 is 2.20 bits per heavy atom. The van der Waals surface area contributed by atoms with E-state index in [1.54, 1.807) is 25.3 Å². The number of nitrogens with two attached hydrogens (primary N) is 1. The summed E-state index contributed by atoms with van der Waals surface area (Å²) in [7, 11) is 1.59. The van der Waals surface area contributed by atoms with Crippen molar-refractivity contribution >= 4 is 11.6 Å². The van der Waals surface area contributed by atoms with Crippen LogP contribution in [0.25, 0.3) is 0 Å². The number of ether oxygens (including phenoxy) is 1. The Kier molecular flexibility index (Phi) is 4.88. The number of carbonyl (C=O) groups excluding carboxylic acids is 1. The normalized spacial score (nSPS) is 19.5. The van der Waals surface area contributed by atoms with Gasteiger partial charge in [0.1, 0.15) is 5.75 Å². The summed E-state index contributed by atoms with van der Waals surface area (Å²) >= 11 is 0. The van der Waals surface area contributed by atoms with Crippen molar-refractivity contribution in [1.82, 2.24) is 4.90 Å². The second-order valence-corrected chi connectivity index (χ2v) is 5.37. The van der Waals surface area contributed by atoms with Gasteiger partial charge in [-0.3, -0.25) is 4.79 Å². The molecule has 1 aliphatic heterocycles. The SMILES string of the molecule is CCC1CCCCCN1C(=O)c1cc(N)ccc1OC. The summed E-state index contributed by atoms with van der Waals surface area (Å²) in [6.07, 6.45) is 5.57. The topological polar surface area (TPSA) is 55.6 Å². The Hall–Kier alpha value is -1.71. The quantitative estimate of drug-likeness (QED) is 0.863. The summed E-state index contributed by atoms with van der Waals surface area (Å²) in [5.41, 5.74) is 6.99. The average molecular weight is 276 g/mol. The third-order valence-electron chi connectivity index (χ3n) is 4.06. The standard InChI is InChI=1S/C16H24N2O2/c1-3-13-7-5-4-6-10-18(13)16(19)14-11-12(17)8-9-15(14)20-2/h8-9,11,13H,3-7,10,17H2,1-2H3. The minimum Gasteiger partial charge on any atom is -0.496 e. The van der Waals surface area contributed by atoms with E-state index in [0.717, 1.165) is 25.8 Å². The van der Waals surface area contributed by atoms with Gasteiger partial charge in [0.2, 0.25) is 0 Å². The molecule has 1 aromatic rings. The first-order valence-electron chi connectivity index (χ1n) is 7.41. The van der Waals surface area contributed by atoms with Crippen LogP contribution in [0.3, 0.4) is 0 Å². The van der Waals surface area contributed by atoms with Crippen LogP contribution in [-0.4, -0.2) is 30.5 Å². The summed E-state index contributed by atoms with van der Waals surface area (Å²) in [5.74, 6) is 0.645. The van der Waals surface area contributed by atoms with Crippen LogP contribution in [0.15, 0.2) is 18.2 Å². The van der Waals surface area contributed by atoms with Crippen LogP contribution in [0.1, 0.15) is 49.4 Å². The van der Waals surface area contributed by atoms with E-state index in [-0.39, 0.29) is 5.91 Å². The fourth-order valence-corrected chi connectivity index (χ4v) is 2.92. The number of anilines is 1. The Labute approximate surface area is 120 Å². The maximum atomic E-state index is 12.8. The van der Waals surface area contributed by atoms with E-state index in [4.69, 9.17) is 10.5 Å². The van der Waals surface area contributed by atoms with Gasteiger partial charge in [0.15, 0.2) is 0 Å². The minimum atomic E-state index is 0.0444. The molecule has 4 nitrogen and oxygen atoms in total. The highest BCUT2D eigenvalue weighted by molar-refractivity contribution is 5.98. The van der Waals surface area contributed by atoms with Crippen LogP contribution >= 0.6 is 0 Å². The van der Waals surface area contributed by atoms with Crippen LogP contribution in [0.2, 0.25) is 0 Å². The number of methoxy groups -OCH3 is 1. The number of amides is 1. The third kappa shape index (κ3) is 3.06. The van der Waals surface area contributed by atoms with Gasteiger partial charge in [-0.25, -0.2) is 0 Å². The fraction of sp³-hybridized carbons (Fsp3) is 0.562. The molecular formula is C16H24N2O2. The Morgan fingerprint density at radius 3 is 2.90 bits per heavy atom. The number of hydrogen-bond donors (Lipinski definition) is 1. The first-order valence-corrected chi connectivity index (χ1v) is 7.41.